The van der Waals surface area contributed by atoms with Gasteiger partial charge in [0.2, 0.25) is 0 Å². The van der Waals surface area contributed by atoms with Crippen LogP contribution < -0.4 is 4.90 Å². The van der Waals surface area contributed by atoms with E-state index in [1.165, 1.54) is 0 Å². The Labute approximate surface area is 75.7 Å². The topological polar surface area (TPSA) is 16.1 Å². The fourth-order valence-electron chi connectivity index (χ4n) is 0.832. The Hall–Kier alpha value is -0.470. The van der Waals surface area contributed by atoms with Crippen molar-refractivity contribution in [1.29, 1.82) is 0 Å². The molecular formula is C7H8Cl2N2. The quantitative estimate of drug-likeness (QED) is 0.677. The van der Waals surface area contributed by atoms with Gasteiger partial charge in [-0.1, -0.05) is 23.2 Å². The molecule has 0 spiro atoms. The second-order valence-electron chi connectivity index (χ2n) is 2.35. The van der Waals surface area contributed by atoms with Gasteiger partial charge in [0.05, 0.1) is 15.7 Å². The molecule has 0 radical (unpaired) electrons. The summed E-state index contributed by atoms with van der Waals surface area (Å²) in [4.78, 5) is 5.69. The largest absolute Gasteiger partial charge is 0.375 e. The van der Waals surface area contributed by atoms with Gasteiger partial charge in [-0.2, -0.15) is 0 Å². The predicted molar refractivity (Wildman–Crippen MR) is 48.6 cm³/mol. The van der Waals surface area contributed by atoms with E-state index in [0.717, 1.165) is 5.69 Å². The second kappa shape index (κ2) is 3.28. The van der Waals surface area contributed by atoms with Crippen LogP contribution in [-0.2, 0) is 0 Å². The van der Waals surface area contributed by atoms with E-state index >= 15 is 0 Å². The van der Waals surface area contributed by atoms with E-state index in [0.29, 0.717) is 10.0 Å². The minimum atomic E-state index is 0.572. The maximum atomic E-state index is 5.84. The van der Waals surface area contributed by atoms with Gasteiger partial charge in [0.1, 0.15) is 0 Å². The van der Waals surface area contributed by atoms with Crippen molar-refractivity contribution < 1.29 is 0 Å². The Bertz CT molecular complexity index is 240. The molecule has 2 nitrogen and oxygen atoms in total. The van der Waals surface area contributed by atoms with Gasteiger partial charge in [0.25, 0.3) is 0 Å². The van der Waals surface area contributed by atoms with Gasteiger partial charge in [-0.15, -0.1) is 0 Å². The van der Waals surface area contributed by atoms with Crippen molar-refractivity contribution in [3.63, 3.8) is 0 Å². The van der Waals surface area contributed by atoms with Crippen LogP contribution in [0.15, 0.2) is 12.4 Å². The molecule has 0 aliphatic carbocycles. The maximum Gasteiger partial charge on any atom is 0.0837 e. The van der Waals surface area contributed by atoms with Crippen LogP contribution in [0.1, 0.15) is 0 Å². The molecule has 11 heavy (non-hydrogen) atoms. The van der Waals surface area contributed by atoms with Crippen molar-refractivity contribution in [2.75, 3.05) is 19.0 Å². The summed E-state index contributed by atoms with van der Waals surface area (Å²) < 4.78 is 0. The highest BCUT2D eigenvalue weighted by molar-refractivity contribution is 6.38. The molecule has 0 aliphatic heterocycles. The second-order valence-corrected chi connectivity index (χ2v) is 3.16. The van der Waals surface area contributed by atoms with E-state index in [2.05, 4.69) is 4.98 Å². The van der Waals surface area contributed by atoms with Crippen LogP contribution in [0, 0.1) is 0 Å². The summed E-state index contributed by atoms with van der Waals surface area (Å²) in [7, 11) is 3.76. The number of pyridine rings is 1. The first-order valence-electron chi connectivity index (χ1n) is 3.09. The number of aromatic nitrogens is 1. The first kappa shape index (κ1) is 8.62. The number of rotatable bonds is 1. The molecule has 0 unspecified atom stereocenters. The minimum Gasteiger partial charge on any atom is -0.375 e. The highest BCUT2D eigenvalue weighted by Crippen LogP contribution is 2.30. The molecule has 0 saturated heterocycles. The molecular weight excluding hydrogens is 183 g/mol. The standard InChI is InChI=1S/C7H8Cl2N2/c1-11(2)7-5(8)3-10-4-6(7)9/h3-4H,1-2H3. The van der Waals surface area contributed by atoms with E-state index in [1.807, 2.05) is 19.0 Å². The van der Waals surface area contributed by atoms with Gasteiger partial charge in [-0.05, 0) is 0 Å². The summed E-state index contributed by atoms with van der Waals surface area (Å²) in [6, 6.07) is 0. The predicted octanol–water partition coefficient (Wildman–Crippen LogP) is 2.45. The van der Waals surface area contributed by atoms with Crippen LogP contribution in [0.4, 0.5) is 5.69 Å². The summed E-state index contributed by atoms with van der Waals surface area (Å²) in [5, 5.41) is 1.14. The Balaban J connectivity index is 3.21. The third kappa shape index (κ3) is 1.76. The summed E-state index contributed by atoms with van der Waals surface area (Å²) in [6.45, 7) is 0. The minimum absolute atomic E-state index is 0.572. The van der Waals surface area contributed by atoms with Crippen molar-refractivity contribution in [2.45, 2.75) is 0 Å². The molecule has 0 fully saturated rings. The van der Waals surface area contributed by atoms with Crippen LogP contribution in [0.5, 0.6) is 0 Å². The Kier molecular flexibility index (Phi) is 2.58. The van der Waals surface area contributed by atoms with Crippen LogP contribution in [0.2, 0.25) is 10.0 Å². The zero-order valence-electron chi connectivity index (χ0n) is 6.31. The molecule has 1 heterocycles. The van der Waals surface area contributed by atoms with Gasteiger partial charge in [0, 0.05) is 26.5 Å². The van der Waals surface area contributed by atoms with E-state index < -0.39 is 0 Å². The Morgan fingerprint density at radius 2 is 1.64 bits per heavy atom. The van der Waals surface area contributed by atoms with E-state index in [-0.39, 0.29) is 0 Å². The third-order valence-corrected chi connectivity index (χ3v) is 1.83. The lowest BCUT2D eigenvalue weighted by Crippen LogP contribution is -2.09. The van der Waals surface area contributed by atoms with Gasteiger partial charge < -0.3 is 4.90 Å². The molecule has 0 aliphatic rings. The highest BCUT2D eigenvalue weighted by atomic mass is 35.5. The first-order chi connectivity index (χ1) is 5.13. The van der Waals surface area contributed by atoms with Crippen LogP contribution in [0.25, 0.3) is 0 Å². The molecule has 4 heteroatoms. The lowest BCUT2D eigenvalue weighted by Gasteiger charge is -2.14. The Morgan fingerprint density at radius 1 is 1.18 bits per heavy atom. The molecule has 1 aromatic heterocycles. The summed E-state index contributed by atoms with van der Waals surface area (Å²) in [5.41, 5.74) is 0.809. The maximum absolute atomic E-state index is 5.84. The van der Waals surface area contributed by atoms with E-state index in [9.17, 15) is 0 Å². The molecule has 0 aromatic carbocycles. The van der Waals surface area contributed by atoms with Crippen LogP contribution >= 0.6 is 23.2 Å². The molecule has 0 amide bonds. The zero-order chi connectivity index (χ0) is 8.43. The molecule has 0 atom stereocenters. The Morgan fingerprint density at radius 3 is 1.91 bits per heavy atom. The lowest BCUT2D eigenvalue weighted by molar-refractivity contribution is 1.12. The van der Waals surface area contributed by atoms with E-state index in [1.54, 1.807) is 12.4 Å². The van der Waals surface area contributed by atoms with Crippen LogP contribution in [-0.4, -0.2) is 19.1 Å². The van der Waals surface area contributed by atoms with Crippen molar-refractivity contribution in [3.8, 4) is 0 Å². The third-order valence-electron chi connectivity index (χ3n) is 1.28. The fourth-order valence-corrected chi connectivity index (χ4v) is 1.53. The normalized spacial score (nSPS) is 9.82. The summed E-state index contributed by atoms with van der Waals surface area (Å²) in [6.07, 6.45) is 3.14. The smallest absolute Gasteiger partial charge is 0.0837 e. The number of hydrogen-bond donors (Lipinski definition) is 0. The average molecular weight is 191 g/mol. The van der Waals surface area contributed by atoms with Crippen molar-refractivity contribution in [2.24, 2.45) is 0 Å². The number of halogens is 2. The molecule has 0 bridgehead atoms. The van der Waals surface area contributed by atoms with Gasteiger partial charge in [-0.25, -0.2) is 0 Å². The molecule has 1 aromatic rings. The summed E-state index contributed by atoms with van der Waals surface area (Å²) >= 11 is 11.7. The van der Waals surface area contributed by atoms with Gasteiger partial charge in [0.15, 0.2) is 0 Å². The molecule has 0 N–H and O–H groups in total. The summed E-state index contributed by atoms with van der Waals surface area (Å²) in [5.74, 6) is 0. The number of nitrogens with zero attached hydrogens (tertiary/aromatic N) is 2. The SMILES string of the molecule is CN(C)c1c(Cl)cncc1Cl. The van der Waals surface area contributed by atoms with E-state index in [4.69, 9.17) is 23.2 Å². The zero-order valence-corrected chi connectivity index (χ0v) is 7.82. The molecule has 1 rings (SSSR count). The van der Waals surface area contributed by atoms with Crippen LogP contribution in [0.3, 0.4) is 0 Å². The van der Waals surface area contributed by atoms with Crippen molar-refractivity contribution in [3.05, 3.63) is 22.4 Å². The van der Waals surface area contributed by atoms with Gasteiger partial charge >= 0.3 is 0 Å². The highest BCUT2D eigenvalue weighted by Gasteiger charge is 2.06. The lowest BCUT2D eigenvalue weighted by atomic mass is 10.4. The number of hydrogen-bond acceptors (Lipinski definition) is 2. The van der Waals surface area contributed by atoms with Gasteiger partial charge in [-0.3, -0.25) is 4.98 Å². The average Bonchev–Trinajstić information content (AvgIpc) is 1.85. The fraction of sp³-hybridized carbons (Fsp3) is 0.286. The number of anilines is 1. The van der Waals surface area contributed by atoms with Crippen molar-refractivity contribution >= 4 is 28.9 Å². The van der Waals surface area contributed by atoms with Crippen molar-refractivity contribution in [1.82, 2.24) is 4.98 Å². The first-order valence-corrected chi connectivity index (χ1v) is 3.85. The molecule has 0 saturated carbocycles. The monoisotopic (exact) mass is 190 g/mol. The molecule has 60 valence electrons.